The van der Waals surface area contributed by atoms with Crippen molar-refractivity contribution in [1.29, 1.82) is 0 Å². The van der Waals surface area contributed by atoms with Crippen LogP contribution in [0.2, 0.25) is 0 Å². The van der Waals surface area contributed by atoms with E-state index in [0.29, 0.717) is 13.0 Å². The van der Waals surface area contributed by atoms with Crippen molar-refractivity contribution in [3.05, 3.63) is 0 Å². The van der Waals surface area contributed by atoms with E-state index in [0.717, 1.165) is 6.42 Å². The van der Waals surface area contributed by atoms with Crippen molar-refractivity contribution < 1.29 is 13.2 Å². The normalized spacial score (nSPS) is 26.4. The largest absolute Gasteiger partial charge is 0.368 e. The summed E-state index contributed by atoms with van der Waals surface area (Å²) in [5.41, 5.74) is -0.374. The van der Waals surface area contributed by atoms with E-state index in [1.807, 2.05) is 6.92 Å². The topological polar surface area (TPSA) is 55.4 Å². The molecule has 0 aliphatic carbocycles. The summed E-state index contributed by atoms with van der Waals surface area (Å²) in [5.74, 6) is 0.499. The van der Waals surface area contributed by atoms with Crippen molar-refractivity contribution in [2.75, 3.05) is 18.1 Å². The van der Waals surface area contributed by atoms with Crippen LogP contribution in [0.4, 0.5) is 0 Å². The highest BCUT2D eigenvalue weighted by molar-refractivity contribution is 7.91. The molecule has 1 N–H and O–H groups in total. The molecule has 1 heterocycles. The van der Waals surface area contributed by atoms with Crippen LogP contribution in [0.15, 0.2) is 0 Å². The standard InChI is InChI=1S/C13H27NO3S/c1-6-8-18(15,16)9-7-14-11-10-12(2,3)17-13(11,4)5/h11,14H,6-10H2,1-5H3. The molecule has 1 aliphatic rings. The Kier molecular flexibility index (Phi) is 4.84. The predicted molar refractivity (Wildman–Crippen MR) is 74.6 cm³/mol. The second kappa shape index (κ2) is 5.47. The zero-order valence-corrected chi connectivity index (χ0v) is 13.1. The van der Waals surface area contributed by atoms with Gasteiger partial charge < -0.3 is 10.1 Å². The van der Waals surface area contributed by atoms with Crippen molar-refractivity contribution in [1.82, 2.24) is 5.32 Å². The summed E-state index contributed by atoms with van der Waals surface area (Å²) in [5, 5.41) is 3.34. The molecule has 18 heavy (non-hydrogen) atoms. The highest BCUT2D eigenvalue weighted by Gasteiger charge is 2.45. The molecule has 5 heteroatoms. The Morgan fingerprint density at radius 1 is 1.22 bits per heavy atom. The van der Waals surface area contributed by atoms with E-state index in [1.54, 1.807) is 0 Å². The summed E-state index contributed by atoms with van der Waals surface area (Å²) in [7, 11) is -2.89. The molecule has 1 fully saturated rings. The van der Waals surface area contributed by atoms with Crippen LogP contribution < -0.4 is 5.32 Å². The Morgan fingerprint density at radius 2 is 1.83 bits per heavy atom. The average molecular weight is 277 g/mol. The van der Waals surface area contributed by atoms with Crippen LogP contribution in [0.1, 0.15) is 47.5 Å². The molecule has 0 bridgehead atoms. The van der Waals surface area contributed by atoms with Crippen molar-refractivity contribution in [3.8, 4) is 0 Å². The lowest BCUT2D eigenvalue weighted by molar-refractivity contribution is -0.0696. The van der Waals surface area contributed by atoms with Gasteiger partial charge in [0, 0.05) is 18.3 Å². The number of ether oxygens (including phenoxy) is 1. The first-order chi connectivity index (χ1) is 8.08. The lowest BCUT2D eigenvalue weighted by Gasteiger charge is -2.27. The third kappa shape index (κ3) is 4.52. The Balaban J connectivity index is 2.45. The third-order valence-corrected chi connectivity index (χ3v) is 5.25. The molecule has 1 atom stereocenters. The molecule has 0 aromatic carbocycles. The van der Waals surface area contributed by atoms with Gasteiger partial charge in [0.25, 0.3) is 0 Å². The first-order valence-electron chi connectivity index (χ1n) is 6.72. The molecule has 1 rings (SSSR count). The minimum absolute atomic E-state index is 0.135. The molecule has 1 aliphatic heterocycles. The lowest BCUT2D eigenvalue weighted by atomic mass is 9.94. The van der Waals surface area contributed by atoms with Gasteiger partial charge in [-0.05, 0) is 40.5 Å². The number of rotatable bonds is 6. The average Bonchev–Trinajstić information content (AvgIpc) is 2.33. The highest BCUT2D eigenvalue weighted by Crippen LogP contribution is 2.37. The van der Waals surface area contributed by atoms with Gasteiger partial charge in [-0.15, -0.1) is 0 Å². The first kappa shape index (κ1) is 15.9. The lowest BCUT2D eigenvalue weighted by Crippen LogP contribution is -2.45. The summed E-state index contributed by atoms with van der Waals surface area (Å²) in [6.07, 6.45) is 1.60. The van der Waals surface area contributed by atoms with Crippen LogP contribution in [-0.4, -0.2) is 43.7 Å². The van der Waals surface area contributed by atoms with E-state index in [-0.39, 0.29) is 28.7 Å². The molecule has 0 saturated carbocycles. The van der Waals surface area contributed by atoms with Crippen LogP contribution in [-0.2, 0) is 14.6 Å². The molecule has 0 aromatic rings. The van der Waals surface area contributed by atoms with Crippen molar-refractivity contribution in [2.45, 2.75) is 64.7 Å². The Morgan fingerprint density at radius 3 is 2.28 bits per heavy atom. The summed E-state index contributed by atoms with van der Waals surface area (Å²) >= 11 is 0. The fourth-order valence-electron chi connectivity index (χ4n) is 2.68. The smallest absolute Gasteiger partial charge is 0.151 e. The molecule has 0 amide bonds. The molecule has 0 aromatic heterocycles. The second-order valence-electron chi connectivity index (χ2n) is 6.33. The number of nitrogens with one attached hydrogen (secondary N) is 1. The SMILES string of the molecule is CCCS(=O)(=O)CCNC1CC(C)(C)OC1(C)C. The van der Waals surface area contributed by atoms with E-state index in [9.17, 15) is 8.42 Å². The van der Waals surface area contributed by atoms with Gasteiger partial charge in [-0.3, -0.25) is 0 Å². The summed E-state index contributed by atoms with van der Waals surface area (Å²) in [6, 6.07) is 0.212. The van der Waals surface area contributed by atoms with Crippen molar-refractivity contribution in [3.63, 3.8) is 0 Å². The molecular formula is C13H27NO3S. The maximum absolute atomic E-state index is 11.6. The van der Waals surface area contributed by atoms with Gasteiger partial charge in [0.1, 0.15) is 0 Å². The van der Waals surface area contributed by atoms with E-state index in [4.69, 9.17) is 4.74 Å². The van der Waals surface area contributed by atoms with Crippen molar-refractivity contribution in [2.24, 2.45) is 0 Å². The Labute approximate surface area is 111 Å². The monoisotopic (exact) mass is 277 g/mol. The van der Waals surface area contributed by atoms with Gasteiger partial charge in [0.15, 0.2) is 9.84 Å². The van der Waals surface area contributed by atoms with Crippen LogP contribution >= 0.6 is 0 Å². The minimum atomic E-state index is -2.89. The maximum atomic E-state index is 11.6. The van der Waals surface area contributed by atoms with Gasteiger partial charge in [-0.25, -0.2) is 8.42 Å². The summed E-state index contributed by atoms with van der Waals surface area (Å²) < 4.78 is 29.2. The summed E-state index contributed by atoms with van der Waals surface area (Å²) in [6.45, 7) is 10.7. The Bertz CT molecular complexity index is 374. The van der Waals surface area contributed by atoms with Crippen LogP contribution in [0.3, 0.4) is 0 Å². The van der Waals surface area contributed by atoms with Gasteiger partial charge in [0.2, 0.25) is 0 Å². The molecule has 0 radical (unpaired) electrons. The minimum Gasteiger partial charge on any atom is -0.368 e. The van der Waals surface area contributed by atoms with E-state index in [1.165, 1.54) is 0 Å². The first-order valence-corrected chi connectivity index (χ1v) is 8.54. The molecule has 108 valence electrons. The number of hydrogen-bond acceptors (Lipinski definition) is 4. The number of sulfone groups is 1. The zero-order valence-electron chi connectivity index (χ0n) is 12.2. The van der Waals surface area contributed by atoms with Gasteiger partial charge >= 0.3 is 0 Å². The molecular weight excluding hydrogens is 250 g/mol. The highest BCUT2D eigenvalue weighted by atomic mass is 32.2. The quantitative estimate of drug-likeness (QED) is 0.803. The van der Waals surface area contributed by atoms with E-state index in [2.05, 4.69) is 33.0 Å². The maximum Gasteiger partial charge on any atom is 0.151 e. The fourth-order valence-corrected chi connectivity index (χ4v) is 3.94. The van der Waals surface area contributed by atoms with Gasteiger partial charge in [0.05, 0.1) is 17.0 Å². The molecule has 4 nitrogen and oxygen atoms in total. The van der Waals surface area contributed by atoms with Crippen LogP contribution in [0.5, 0.6) is 0 Å². The zero-order chi connectivity index (χ0) is 14.0. The molecule has 1 saturated heterocycles. The van der Waals surface area contributed by atoms with Gasteiger partial charge in [-0.2, -0.15) is 0 Å². The number of hydrogen-bond donors (Lipinski definition) is 1. The van der Waals surface area contributed by atoms with Gasteiger partial charge in [-0.1, -0.05) is 6.92 Å². The summed E-state index contributed by atoms with van der Waals surface area (Å²) in [4.78, 5) is 0. The van der Waals surface area contributed by atoms with Crippen molar-refractivity contribution >= 4 is 9.84 Å². The van der Waals surface area contributed by atoms with E-state index < -0.39 is 9.84 Å². The Hall–Kier alpha value is -0.130. The van der Waals surface area contributed by atoms with Crippen LogP contribution in [0.25, 0.3) is 0 Å². The second-order valence-corrected chi connectivity index (χ2v) is 8.63. The predicted octanol–water partition coefficient (Wildman–Crippen LogP) is 1.75. The molecule has 1 unspecified atom stereocenters. The fraction of sp³-hybridized carbons (Fsp3) is 1.00. The third-order valence-electron chi connectivity index (χ3n) is 3.39. The van der Waals surface area contributed by atoms with E-state index >= 15 is 0 Å². The van der Waals surface area contributed by atoms with Crippen LogP contribution in [0, 0.1) is 0 Å². The molecule has 0 spiro atoms.